The molecule has 2 aromatic rings. The van der Waals surface area contributed by atoms with Crippen molar-refractivity contribution in [1.29, 1.82) is 0 Å². The summed E-state index contributed by atoms with van der Waals surface area (Å²) < 4.78 is 12.9. The van der Waals surface area contributed by atoms with E-state index in [0.29, 0.717) is 17.1 Å². The highest BCUT2D eigenvalue weighted by Crippen LogP contribution is 2.28. The zero-order valence-electron chi connectivity index (χ0n) is 10.3. The van der Waals surface area contributed by atoms with Crippen LogP contribution >= 0.6 is 0 Å². The second-order valence-electron chi connectivity index (χ2n) is 4.12. The van der Waals surface area contributed by atoms with E-state index in [1.165, 1.54) is 18.2 Å². The molecule has 2 aromatic carbocycles. The van der Waals surface area contributed by atoms with Crippen molar-refractivity contribution < 1.29 is 14.3 Å². The largest absolute Gasteiger partial charge is 0.478 e. The number of halogens is 1. The molecule has 0 amide bonds. The minimum Gasteiger partial charge on any atom is -0.478 e. The van der Waals surface area contributed by atoms with E-state index >= 15 is 0 Å². The third-order valence-corrected chi connectivity index (χ3v) is 2.83. The Hall–Kier alpha value is -2.56. The lowest BCUT2D eigenvalue weighted by Gasteiger charge is -2.21. The number of anilines is 3. The number of hydrogen-bond donors (Lipinski definition) is 2. The topological polar surface area (TPSA) is 66.6 Å². The maximum Gasteiger partial charge on any atom is 0.337 e. The van der Waals surface area contributed by atoms with E-state index in [-0.39, 0.29) is 11.4 Å². The molecule has 0 aliphatic carbocycles. The van der Waals surface area contributed by atoms with E-state index in [4.69, 9.17) is 5.73 Å². The Morgan fingerprint density at radius 3 is 2.42 bits per heavy atom. The molecule has 0 atom stereocenters. The number of carbonyl (C=O) groups is 1. The van der Waals surface area contributed by atoms with Gasteiger partial charge in [0.1, 0.15) is 5.82 Å². The van der Waals surface area contributed by atoms with Crippen molar-refractivity contribution in [3.63, 3.8) is 0 Å². The average molecular weight is 260 g/mol. The van der Waals surface area contributed by atoms with Gasteiger partial charge in [-0.2, -0.15) is 0 Å². The zero-order valence-corrected chi connectivity index (χ0v) is 10.3. The van der Waals surface area contributed by atoms with Crippen LogP contribution in [-0.2, 0) is 0 Å². The van der Waals surface area contributed by atoms with Gasteiger partial charge in [-0.05, 0) is 42.5 Å². The van der Waals surface area contributed by atoms with Crippen LogP contribution in [0.2, 0.25) is 0 Å². The molecule has 3 N–H and O–H groups in total. The van der Waals surface area contributed by atoms with Gasteiger partial charge in [-0.15, -0.1) is 0 Å². The van der Waals surface area contributed by atoms with Crippen LogP contribution in [0.15, 0.2) is 42.5 Å². The molecule has 2 rings (SSSR count). The molecule has 0 aliphatic rings. The van der Waals surface area contributed by atoms with Crippen molar-refractivity contribution in [2.75, 3.05) is 17.7 Å². The Morgan fingerprint density at radius 2 is 1.84 bits per heavy atom. The summed E-state index contributed by atoms with van der Waals surface area (Å²) in [6.45, 7) is 0. The Morgan fingerprint density at radius 1 is 1.21 bits per heavy atom. The number of rotatable bonds is 3. The molecule has 0 unspecified atom stereocenters. The predicted molar refractivity (Wildman–Crippen MR) is 72.3 cm³/mol. The van der Waals surface area contributed by atoms with E-state index in [2.05, 4.69) is 0 Å². The highest BCUT2D eigenvalue weighted by Gasteiger charge is 2.15. The van der Waals surface area contributed by atoms with Crippen molar-refractivity contribution in [1.82, 2.24) is 0 Å². The molecule has 0 aliphatic heterocycles. The molecule has 4 nitrogen and oxygen atoms in total. The minimum absolute atomic E-state index is 0.104. The molecule has 19 heavy (non-hydrogen) atoms. The summed E-state index contributed by atoms with van der Waals surface area (Å²) in [6, 6.07) is 10.5. The molecule has 0 saturated carbocycles. The molecule has 0 fully saturated rings. The first kappa shape index (κ1) is 12.9. The fourth-order valence-corrected chi connectivity index (χ4v) is 1.82. The molecule has 0 radical (unpaired) electrons. The first-order valence-corrected chi connectivity index (χ1v) is 5.61. The molecular formula is C14H13FN2O2. The summed E-state index contributed by atoms with van der Waals surface area (Å²) in [6.07, 6.45) is 0. The highest BCUT2D eigenvalue weighted by atomic mass is 19.1. The van der Waals surface area contributed by atoms with Crippen LogP contribution in [0.1, 0.15) is 10.4 Å². The first-order valence-electron chi connectivity index (χ1n) is 5.61. The van der Waals surface area contributed by atoms with Gasteiger partial charge < -0.3 is 15.7 Å². The number of nitrogens with zero attached hydrogens (tertiary/aromatic N) is 1. The van der Waals surface area contributed by atoms with Crippen molar-refractivity contribution in [2.45, 2.75) is 0 Å². The van der Waals surface area contributed by atoms with Crippen molar-refractivity contribution >= 4 is 23.0 Å². The summed E-state index contributed by atoms with van der Waals surface area (Å²) in [7, 11) is 1.71. The molecule has 0 bridgehead atoms. The summed E-state index contributed by atoms with van der Waals surface area (Å²) in [5.41, 5.74) is 7.26. The van der Waals surface area contributed by atoms with E-state index in [9.17, 15) is 14.3 Å². The third-order valence-electron chi connectivity index (χ3n) is 2.83. The Kier molecular flexibility index (Phi) is 3.37. The summed E-state index contributed by atoms with van der Waals surface area (Å²) in [5.74, 6) is -1.40. The third kappa shape index (κ3) is 2.65. The van der Waals surface area contributed by atoms with Gasteiger partial charge in [-0.25, -0.2) is 9.18 Å². The molecule has 0 aromatic heterocycles. The number of nitrogens with two attached hydrogens (primary N) is 1. The number of benzene rings is 2. The molecule has 98 valence electrons. The van der Waals surface area contributed by atoms with Gasteiger partial charge in [-0.1, -0.05) is 0 Å². The molecule has 0 saturated heterocycles. The van der Waals surface area contributed by atoms with Crippen LogP contribution in [0, 0.1) is 5.82 Å². The number of nitrogen functional groups attached to an aromatic ring is 1. The van der Waals surface area contributed by atoms with Crippen LogP contribution < -0.4 is 10.6 Å². The van der Waals surface area contributed by atoms with Gasteiger partial charge in [0.15, 0.2) is 0 Å². The highest BCUT2D eigenvalue weighted by molar-refractivity contribution is 5.96. The number of carboxylic acid groups (broad SMARTS) is 1. The fraction of sp³-hybridized carbons (Fsp3) is 0.0714. The van der Waals surface area contributed by atoms with Gasteiger partial charge in [0, 0.05) is 18.4 Å². The maximum absolute atomic E-state index is 12.9. The number of aromatic carboxylic acids is 1. The van der Waals surface area contributed by atoms with Crippen molar-refractivity contribution in [3.05, 3.63) is 53.8 Å². The minimum atomic E-state index is -1.06. The van der Waals surface area contributed by atoms with Gasteiger partial charge in [0.2, 0.25) is 0 Å². The lowest BCUT2D eigenvalue weighted by Crippen LogP contribution is -2.14. The summed E-state index contributed by atoms with van der Waals surface area (Å²) in [4.78, 5) is 12.9. The monoisotopic (exact) mass is 260 g/mol. The van der Waals surface area contributed by atoms with Crippen molar-refractivity contribution in [2.24, 2.45) is 0 Å². The lowest BCUT2D eigenvalue weighted by molar-refractivity contribution is 0.0697. The smallest absolute Gasteiger partial charge is 0.337 e. The van der Waals surface area contributed by atoms with Crippen LogP contribution in [0.4, 0.5) is 21.5 Å². The molecular weight excluding hydrogens is 247 g/mol. The van der Waals surface area contributed by atoms with Gasteiger partial charge >= 0.3 is 5.97 Å². The van der Waals surface area contributed by atoms with Crippen molar-refractivity contribution in [3.8, 4) is 0 Å². The van der Waals surface area contributed by atoms with Gasteiger partial charge in [-0.3, -0.25) is 0 Å². The Labute approximate surface area is 109 Å². The first-order chi connectivity index (χ1) is 8.99. The second kappa shape index (κ2) is 4.97. The van der Waals surface area contributed by atoms with Gasteiger partial charge in [0.25, 0.3) is 0 Å². The fourth-order valence-electron chi connectivity index (χ4n) is 1.82. The summed E-state index contributed by atoms with van der Waals surface area (Å²) in [5, 5.41) is 9.19. The quantitative estimate of drug-likeness (QED) is 0.833. The van der Waals surface area contributed by atoms with Crippen LogP contribution in [0.25, 0.3) is 0 Å². The SMILES string of the molecule is CN(c1ccc(F)cc1)c1ccc(N)cc1C(=O)O. The zero-order chi connectivity index (χ0) is 14.0. The number of hydrogen-bond acceptors (Lipinski definition) is 3. The molecule has 0 spiro atoms. The van der Waals surface area contributed by atoms with E-state index in [1.54, 1.807) is 36.2 Å². The van der Waals surface area contributed by atoms with Crippen LogP contribution in [0.3, 0.4) is 0 Å². The maximum atomic E-state index is 12.9. The van der Waals surface area contributed by atoms with E-state index in [1.807, 2.05) is 0 Å². The summed E-state index contributed by atoms with van der Waals surface area (Å²) >= 11 is 0. The Balaban J connectivity index is 2.46. The van der Waals surface area contributed by atoms with Crippen LogP contribution in [0.5, 0.6) is 0 Å². The lowest BCUT2D eigenvalue weighted by atomic mass is 10.1. The second-order valence-corrected chi connectivity index (χ2v) is 4.12. The standard InChI is InChI=1S/C14H13FN2O2/c1-17(11-5-2-9(15)3-6-11)13-7-4-10(16)8-12(13)14(18)19/h2-8H,16H2,1H3,(H,18,19). The predicted octanol–water partition coefficient (Wildman–Crippen LogP) is 2.87. The Bertz CT molecular complexity index is 611. The molecule has 5 heteroatoms. The molecule has 0 heterocycles. The van der Waals surface area contributed by atoms with Gasteiger partial charge in [0.05, 0.1) is 11.3 Å². The van der Waals surface area contributed by atoms with E-state index < -0.39 is 5.97 Å². The van der Waals surface area contributed by atoms with E-state index in [0.717, 1.165) is 0 Å². The number of carboxylic acids is 1. The van der Waals surface area contributed by atoms with Crippen LogP contribution in [-0.4, -0.2) is 18.1 Å². The normalized spacial score (nSPS) is 10.2. The average Bonchev–Trinajstić information content (AvgIpc) is 2.38.